The fraction of sp³-hybridized carbons (Fsp3) is 0.269. The highest BCUT2D eigenvalue weighted by Crippen LogP contribution is 2.29. The predicted molar refractivity (Wildman–Crippen MR) is 143 cm³/mol. The number of benzene rings is 3. The predicted octanol–water partition coefficient (Wildman–Crippen LogP) is 5.28. The molecule has 0 unspecified atom stereocenters. The van der Waals surface area contributed by atoms with Gasteiger partial charge in [0.15, 0.2) is 0 Å². The van der Waals surface area contributed by atoms with Crippen LogP contribution in [0.4, 0.5) is 5.69 Å². The van der Waals surface area contributed by atoms with Gasteiger partial charge in [0.05, 0.1) is 29.4 Å². The highest BCUT2D eigenvalue weighted by molar-refractivity contribution is 7.98. The summed E-state index contributed by atoms with van der Waals surface area (Å²) in [5, 5.41) is 0. The summed E-state index contributed by atoms with van der Waals surface area (Å²) >= 11 is 3.16. The minimum atomic E-state index is -3.88. The van der Waals surface area contributed by atoms with Gasteiger partial charge in [0.25, 0.3) is 15.9 Å². The molecule has 1 N–H and O–H groups in total. The zero-order valence-electron chi connectivity index (χ0n) is 19.7. The van der Waals surface area contributed by atoms with E-state index < -0.39 is 10.0 Å². The Morgan fingerprint density at radius 2 is 1.77 bits per heavy atom. The lowest BCUT2D eigenvalue weighted by atomic mass is 10.1. The molecule has 1 aliphatic rings. The normalized spacial score (nSPS) is 14.1. The number of rotatable bonds is 8. The first-order valence-electron chi connectivity index (χ1n) is 11.2. The highest BCUT2D eigenvalue weighted by atomic mass is 32.2. The molecule has 0 aromatic heterocycles. The molecule has 6 nitrogen and oxygen atoms in total. The van der Waals surface area contributed by atoms with Crippen molar-refractivity contribution in [2.75, 3.05) is 37.3 Å². The third kappa shape index (κ3) is 6.41. The van der Waals surface area contributed by atoms with Gasteiger partial charge in [0, 0.05) is 28.6 Å². The number of aryl methyl sites for hydroxylation is 1. The van der Waals surface area contributed by atoms with Crippen LogP contribution < -0.4 is 4.72 Å². The maximum Gasteiger partial charge on any atom is 0.261 e. The number of amides is 1. The summed E-state index contributed by atoms with van der Waals surface area (Å²) in [5.74, 6) is 0.618. The van der Waals surface area contributed by atoms with Gasteiger partial charge >= 0.3 is 0 Å². The average Bonchev–Trinajstić information content (AvgIpc) is 2.89. The van der Waals surface area contributed by atoms with Crippen LogP contribution in [0.25, 0.3) is 0 Å². The van der Waals surface area contributed by atoms with Crippen LogP contribution >= 0.6 is 23.5 Å². The van der Waals surface area contributed by atoms with E-state index in [1.165, 1.54) is 22.7 Å². The highest BCUT2D eigenvalue weighted by Gasteiger charge is 2.24. The molecule has 1 saturated heterocycles. The Kier molecular flexibility index (Phi) is 8.43. The second kappa shape index (κ2) is 11.5. The molecule has 184 valence electrons. The molecule has 1 amide bonds. The lowest BCUT2D eigenvalue weighted by Crippen LogP contribution is -2.41. The molecule has 0 saturated carbocycles. The number of sulfonamides is 1. The summed E-state index contributed by atoms with van der Waals surface area (Å²) in [6, 6.07) is 20.6. The van der Waals surface area contributed by atoms with Crippen LogP contribution in [-0.4, -0.2) is 51.8 Å². The van der Waals surface area contributed by atoms with Crippen LogP contribution in [0.3, 0.4) is 0 Å². The van der Waals surface area contributed by atoms with E-state index >= 15 is 0 Å². The van der Waals surface area contributed by atoms with E-state index in [-0.39, 0.29) is 10.8 Å². The van der Waals surface area contributed by atoms with Gasteiger partial charge in [-0.05, 0) is 60.7 Å². The van der Waals surface area contributed by atoms with Crippen molar-refractivity contribution in [3.63, 3.8) is 0 Å². The summed E-state index contributed by atoms with van der Waals surface area (Å²) in [7, 11) is -3.88. The van der Waals surface area contributed by atoms with Gasteiger partial charge in [0.2, 0.25) is 0 Å². The van der Waals surface area contributed by atoms with Crippen LogP contribution in [-0.2, 0) is 20.5 Å². The smallest absolute Gasteiger partial charge is 0.261 e. The van der Waals surface area contributed by atoms with Crippen molar-refractivity contribution in [3.05, 3.63) is 83.4 Å². The van der Waals surface area contributed by atoms with E-state index in [9.17, 15) is 13.2 Å². The summed E-state index contributed by atoms with van der Waals surface area (Å²) < 4.78 is 34.5. The Balaban J connectivity index is 1.52. The molecule has 0 spiro atoms. The van der Waals surface area contributed by atoms with Crippen molar-refractivity contribution in [3.8, 4) is 0 Å². The van der Waals surface area contributed by atoms with Crippen LogP contribution in [0, 0.1) is 6.92 Å². The first kappa shape index (κ1) is 25.6. The van der Waals surface area contributed by atoms with Crippen LogP contribution in [0.1, 0.15) is 21.5 Å². The Labute approximate surface area is 215 Å². The van der Waals surface area contributed by atoms with Gasteiger partial charge in [-0.15, -0.1) is 23.5 Å². The Bertz CT molecular complexity index is 1290. The number of anilines is 1. The number of hydrogen-bond donors (Lipinski definition) is 1. The zero-order valence-corrected chi connectivity index (χ0v) is 22.1. The van der Waals surface area contributed by atoms with Crippen molar-refractivity contribution in [2.45, 2.75) is 27.4 Å². The molecule has 1 fully saturated rings. The molecule has 0 bridgehead atoms. The largest absolute Gasteiger partial charge is 0.378 e. The number of ether oxygens (including phenoxy) is 1. The number of carbonyl (C=O) groups is 1. The van der Waals surface area contributed by atoms with Crippen molar-refractivity contribution in [1.82, 2.24) is 4.90 Å². The van der Waals surface area contributed by atoms with Gasteiger partial charge < -0.3 is 9.64 Å². The molecule has 0 radical (unpaired) electrons. The van der Waals surface area contributed by atoms with Crippen molar-refractivity contribution in [1.29, 1.82) is 0 Å². The SMILES string of the molecule is CSc1ccc(S(=O)(=O)Nc2ccc(CSc3ccccc3)cc2C)cc1C(=O)N1CCOCC1. The van der Waals surface area contributed by atoms with Gasteiger partial charge in [-0.3, -0.25) is 9.52 Å². The first-order valence-corrected chi connectivity index (χ1v) is 14.9. The molecule has 4 rings (SSSR count). The van der Waals surface area contributed by atoms with Crippen molar-refractivity contribution < 1.29 is 17.9 Å². The number of morpholine rings is 1. The number of thioether (sulfide) groups is 2. The number of carbonyl (C=O) groups excluding carboxylic acids is 1. The van der Waals surface area contributed by atoms with Crippen LogP contribution in [0.5, 0.6) is 0 Å². The lowest BCUT2D eigenvalue weighted by Gasteiger charge is -2.27. The first-order chi connectivity index (χ1) is 16.9. The minimum absolute atomic E-state index is 0.0648. The van der Waals surface area contributed by atoms with Gasteiger partial charge in [0.1, 0.15) is 0 Å². The molecule has 35 heavy (non-hydrogen) atoms. The third-order valence-corrected chi connectivity index (χ3v) is 8.94. The van der Waals surface area contributed by atoms with E-state index in [1.807, 2.05) is 43.5 Å². The molecule has 1 aliphatic heterocycles. The average molecular weight is 529 g/mol. The molecule has 3 aromatic carbocycles. The van der Waals surface area contributed by atoms with Crippen molar-refractivity contribution in [2.24, 2.45) is 0 Å². The fourth-order valence-corrected chi connectivity index (χ4v) is 6.36. The molecular weight excluding hydrogens is 500 g/mol. The van der Waals surface area contributed by atoms with E-state index in [0.29, 0.717) is 37.6 Å². The summed E-state index contributed by atoms with van der Waals surface area (Å²) in [4.78, 5) is 16.8. The molecule has 3 aromatic rings. The van der Waals surface area contributed by atoms with Gasteiger partial charge in [-0.25, -0.2) is 8.42 Å². The quantitative estimate of drug-likeness (QED) is 0.401. The van der Waals surface area contributed by atoms with E-state index in [0.717, 1.165) is 21.8 Å². The number of nitrogens with one attached hydrogen (secondary N) is 1. The minimum Gasteiger partial charge on any atom is -0.378 e. The summed E-state index contributed by atoms with van der Waals surface area (Å²) in [5.41, 5.74) is 2.87. The fourth-order valence-electron chi connectivity index (χ4n) is 3.78. The number of nitrogens with zero attached hydrogens (tertiary/aromatic N) is 1. The molecule has 1 heterocycles. The second-order valence-corrected chi connectivity index (χ2v) is 11.7. The van der Waals surface area contributed by atoms with E-state index in [1.54, 1.807) is 34.9 Å². The van der Waals surface area contributed by atoms with E-state index in [4.69, 9.17) is 4.74 Å². The molecular formula is C26H28N2O4S3. The van der Waals surface area contributed by atoms with Crippen molar-refractivity contribution >= 4 is 45.1 Å². The Morgan fingerprint density at radius 1 is 1.03 bits per heavy atom. The van der Waals surface area contributed by atoms with E-state index in [2.05, 4.69) is 16.9 Å². The Morgan fingerprint density at radius 3 is 2.46 bits per heavy atom. The lowest BCUT2D eigenvalue weighted by molar-refractivity contribution is 0.0300. The van der Waals surface area contributed by atoms with Crippen LogP contribution in [0.15, 0.2) is 81.4 Å². The van der Waals surface area contributed by atoms with Gasteiger partial charge in [-0.1, -0.05) is 30.3 Å². The Hall–Kier alpha value is -2.46. The summed E-state index contributed by atoms with van der Waals surface area (Å²) in [6.07, 6.45) is 1.87. The van der Waals surface area contributed by atoms with Crippen LogP contribution in [0.2, 0.25) is 0 Å². The maximum atomic E-state index is 13.2. The number of hydrogen-bond acceptors (Lipinski definition) is 6. The zero-order chi connectivity index (χ0) is 24.8. The monoisotopic (exact) mass is 528 g/mol. The molecule has 0 aliphatic carbocycles. The summed E-state index contributed by atoms with van der Waals surface area (Å²) in [6.45, 7) is 3.85. The molecule has 0 atom stereocenters. The molecule has 9 heteroatoms. The second-order valence-electron chi connectivity index (χ2n) is 8.12. The van der Waals surface area contributed by atoms with Gasteiger partial charge in [-0.2, -0.15) is 0 Å². The third-order valence-electron chi connectivity index (χ3n) is 5.69. The standard InChI is InChI=1S/C26H28N2O4S3/c1-19-16-20(18-34-21-6-4-3-5-7-21)8-10-24(19)27-35(30,31)22-9-11-25(33-2)23(17-22)26(29)28-12-14-32-15-13-28/h3-11,16-17,27H,12-15,18H2,1-2H3. The maximum absolute atomic E-state index is 13.2. The topological polar surface area (TPSA) is 75.7 Å².